The zero-order chi connectivity index (χ0) is 29.3. The Balaban J connectivity index is 1.79. The molecule has 1 unspecified atom stereocenters. The van der Waals surface area contributed by atoms with Crippen LogP contribution in [0.4, 0.5) is 0 Å². The quantitative estimate of drug-likeness (QED) is 0.115. The summed E-state index contributed by atoms with van der Waals surface area (Å²) < 4.78 is 10.6. The van der Waals surface area contributed by atoms with E-state index in [1.807, 2.05) is 45.0 Å². The molecule has 0 spiro atoms. The van der Waals surface area contributed by atoms with Crippen LogP contribution in [0, 0.1) is 5.41 Å². The van der Waals surface area contributed by atoms with Crippen molar-refractivity contribution >= 4 is 51.8 Å². The minimum atomic E-state index is -0.801. The number of methoxy groups -OCH3 is 1. The van der Waals surface area contributed by atoms with Gasteiger partial charge in [0.05, 0.1) is 43.1 Å². The third-order valence-corrected chi connectivity index (χ3v) is 6.14. The van der Waals surface area contributed by atoms with E-state index in [1.165, 1.54) is 13.3 Å². The summed E-state index contributed by atoms with van der Waals surface area (Å²) in [5, 5.41) is 16.2. The van der Waals surface area contributed by atoms with Crippen molar-refractivity contribution in [3.05, 3.63) is 81.7 Å². The molecule has 2 heterocycles. The summed E-state index contributed by atoms with van der Waals surface area (Å²) >= 11 is 12.3. The van der Waals surface area contributed by atoms with Crippen LogP contribution in [0.1, 0.15) is 44.5 Å². The third-order valence-electron chi connectivity index (χ3n) is 5.70. The van der Waals surface area contributed by atoms with Gasteiger partial charge < -0.3 is 25.5 Å². The Morgan fingerprint density at radius 1 is 1.12 bits per heavy atom. The number of pyridine rings is 2. The van der Waals surface area contributed by atoms with Gasteiger partial charge in [-0.15, -0.1) is 0 Å². The molecule has 2 aromatic heterocycles. The van der Waals surface area contributed by atoms with Crippen molar-refractivity contribution in [3.8, 4) is 0 Å². The average Bonchev–Trinajstić information content (AvgIpc) is 2.90. The lowest BCUT2D eigenvalue weighted by molar-refractivity contribution is -0.141. The van der Waals surface area contributed by atoms with Crippen molar-refractivity contribution in [2.24, 2.45) is 0 Å². The number of hydrogen-bond donors (Lipinski definition) is 3. The SMILES string of the molecule is COC(=O)CC(NC(=O)/C(=C/NCCc1ccc2cccnc2n1)C(=N)COC(C)(C)C)c1cc(Cl)cc(Cl)c1. The van der Waals surface area contributed by atoms with E-state index in [4.69, 9.17) is 38.1 Å². The molecule has 0 aliphatic carbocycles. The molecule has 3 rings (SSSR count). The number of carbonyl (C=O) groups excluding carboxylic acids is 2. The maximum Gasteiger partial charge on any atom is 0.307 e. The Morgan fingerprint density at radius 2 is 1.85 bits per heavy atom. The topological polar surface area (TPSA) is 126 Å². The molecule has 40 heavy (non-hydrogen) atoms. The molecule has 11 heteroatoms. The van der Waals surface area contributed by atoms with Crippen LogP contribution >= 0.6 is 23.2 Å². The molecule has 0 aliphatic heterocycles. The summed E-state index contributed by atoms with van der Waals surface area (Å²) in [6.07, 6.45) is 3.58. The molecular weight excluding hydrogens is 553 g/mol. The number of halogens is 2. The van der Waals surface area contributed by atoms with E-state index in [0.717, 1.165) is 11.1 Å². The first kappa shape index (κ1) is 31.0. The Labute approximate surface area is 243 Å². The maximum atomic E-state index is 13.5. The predicted octanol–water partition coefficient (Wildman–Crippen LogP) is 5.21. The highest BCUT2D eigenvalue weighted by Gasteiger charge is 2.24. The van der Waals surface area contributed by atoms with E-state index in [2.05, 4.69) is 20.6 Å². The van der Waals surface area contributed by atoms with Crippen LogP contribution in [-0.2, 0) is 25.5 Å². The van der Waals surface area contributed by atoms with Crippen LogP contribution < -0.4 is 10.6 Å². The van der Waals surface area contributed by atoms with Crippen molar-refractivity contribution < 1.29 is 19.1 Å². The molecule has 0 fully saturated rings. The van der Waals surface area contributed by atoms with Crippen molar-refractivity contribution in [1.82, 2.24) is 20.6 Å². The Bertz CT molecular complexity index is 1380. The van der Waals surface area contributed by atoms with Crippen LogP contribution in [0.15, 0.2) is 60.4 Å². The second-order valence-electron chi connectivity index (χ2n) is 10.0. The third kappa shape index (κ3) is 9.59. The number of aromatic nitrogens is 2. The maximum absolute atomic E-state index is 13.5. The highest BCUT2D eigenvalue weighted by atomic mass is 35.5. The molecule has 1 aromatic carbocycles. The van der Waals surface area contributed by atoms with E-state index in [9.17, 15) is 9.59 Å². The molecule has 212 valence electrons. The van der Waals surface area contributed by atoms with Crippen LogP contribution in [0.5, 0.6) is 0 Å². The highest BCUT2D eigenvalue weighted by Crippen LogP contribution is 2.26. The zero-order valence-electron chi connectivity index (χ0n) is 22.9. The predicted molar refractivity (Wildman–Crippen MR) is 157 cm³/mol. The van der Waals surface area contributed by atoms with Gasteiger partial charge >= 0.3 is 5.97 Å². The normalized spacial score (nSPS) is 12.6. The van der Waals surface area contributed by atoms with Crippen molar-refractivity contribution in [1.29, 1.82) is 5.41 Å². The van der Waals surface area contributed by atoms with Crippen molar-refractivity contribution in [2.45, 2.75) is 45.3 Å². The second kappa shape index (κ2) is 14.2. The lowest BCUT2D eigenvalue weighted by Gasteiger charge is -2.22. The standard InChI is InChI=1S/C29H33Cl2N5O4/c1-29(2,3)40-17-24(32)23(16-33-11-9-22-8-7-18-6-5-10-34-27(18)35-22)28(38)36-25(15-26(37)39-4)19-12-20(30)14-21(31)13-19/h5-8,10,12-14,16,25,32-33H,9,11,15,17H2,1-4H3,(H,36,38)/b23-16+,32-24?. The van der Waals surface area contributed by atoms with Crippen LogP contribution in [0.25, 0.3) is 11.0 Å². The van der Waals surface area contributed by atoms with Gasteiger partial charge in [0.1, 0.15) is 0 Å². The fourth-order valence-corrected chi connectivity index (χ4v) is 4.22. The summed E-state index contributed by atoms with van der Waals surface area (Å²) in [6, 6.07) is 11.7. The number of ether oxygens (including phenoxy) is 2. The fourth-order valence-electron chi connectivity index (χ4n) is 3.68. The molecule has 0 aliphatic rings. The van der Waals surface area contributed by atoms with Gasteiger partial charge in [-0.2, -0.15) is 0 Å². The highest BCUT2D eigenvalue weighted by molar-refractivity contribution is 6.34. The molecule has 3 N–H and O–H groups in total. The molecular formula is C29H33Cl2N5O4. The lowest BCUT2D eigenvalue weighted by Crippen LogP contribution is -2.36. The molecule has 0 radical (unpaired) electrons. The molecule has 3 aromatic rings. The van der Waals surface area contributed by atoms with Gasteiger partial charge in [0.25, 0.3) is 5.91 Å². The Kier molecular flexibility index (Phi) is 11.0. The monoisotopic (exact) mass is 585 g/mol. The number of nitrogens with zero attached hydrogens (tertiary/aromatic N) is 2. The van der Waals surface area contributed by atoms with Gasteiger partial charge in [-0.25, -0.2) is 9.97 Å². The number of nitrogens with one attached hydrogen (secondary N) is 3. The first-order valence-electron chi connectivity index (χ1n) is 12.6. The second-order valence-corrected chi connectivity index (χ2v) is 10.9. The smallest absolute Gasteiger partial charge is 0.307 e. The van der Waals surface area contributed by atoms with Crippen LogP contribution in [-0.4, -0.2) is 53.4 Å². The number of hydrogen-bond acceptors (Lipinski definition) is 8. The molecule has 9 nitrogen and oxygen atoms in total. The number of benzene rings is 1. The molecule has 1 amide bonds. The molecule has 0 bridgehead atoms. The van der Waals surface area contributed by atoms with Gasteiger partial charge in [-0.1, -0.05) is 23.2 Å². The Hall–Kier alpha value is -3.53. The summed E-state index contributed by atoms with van der Waals surface area (Å²) in [6.45, 7) is 5.95. The first-order valence-corrected chi connectivity index (χ1v) is 13.4. The minimum absolute atomic E-state index is 0.0334. The van der Waals surface area contributed by atoms with Gasteiger partial charge in [0, 0.05) is 46.5 Å². The van der Waals surface area contributed by atoms with E-state index in [1.54, 1.807) is 24.4 Å². The number of amides is 1. The van der Waals surface area contributed by atoms with Gasteiger partial charge in [0.2, 0.25) is 0 Å². The van der Waals surface area contributed by atoms with E-state index >= 15 is 0 Å². The molecule has 0 saturated heterocycles. The number of fused-ring (bicyclic) bond motifs is 1. The zero-order valence-corrected chi connectivity index (χ0v) is 24.4. The largest absolute Gasteiger partial charge is 0.469 e. The van der Waals surface area contributed by atoms with Gasteiger partial charge in [-0.3, -0.25) is 9.59 Å². The van der Waals surface area contributed by atoms with E-state index in [0.29, 0.717) is 34.2 Å². The summed E-state index contributed by atoms with van der Waals surface area (Å²) in [7, 11) is 1.27. The lowest BCUT2D eigenvalue weighted by atomic mass is 10.0. The molecule has 1 atom stereocenters. The minimum Gasteiger partial charge on any atom is -0.469 e. The van der Waals surface area contributed by atoms with Crippen LogP contribution in [0.2, 0.25) is 10.0 Å². The van der Waals surface area contributed by atoms with Crippen molar-refractivity contribution in [2.75, 3.05) is 20.3 Å². The fraction of sp³-hybridized carbons (Fsp3) is 0.345. The Morgan fingerprint density at radius 3 is 2.52 bits per heavy atom. The summed E-state index contributed by atoms with van der Waals surface area (Å²) in [5.74, 6) is -1.11. The number of carbonyl (C=O) groups is 2. The summed E-state index contributed by atoms with van der Waals surface area (Å²) in [4.78, 5) is 34.5. The number of rotatable bonds is 12. The van der Waals surface area contributed by atoms with E-state index in [-0.39, 0.29) is 24.3 Å². The number of esters is 1. The van der Waals surface area contributed by atoms with Crippen molar-refractivity contribution in [3.63, 3.8) is 0 Å². The first-order chi connectivity index (χ1) is 18.9. The molecule has 0 saturated carbocycles. The van der Waals surface area contributed by atoms with Gasteiger partial charge in [0.15, 0.2) is 5.65 Å². The average molecular weight is 587 g/mol. The van der Waals surface area contributed by atoms with Crippen LogP contribution in [0.3, 0.4) is 0 Å². The van der Waals surface area contributed by atoms with Gasteiger partial charge in [-0.05, 0) is 68.8 Å². The van der Waals surface area contributed by atoms with E-state index < -0.39 is 23.5 Å². The summed E-state index contributed by atoms with van der Waals surface area (Å²) in [5.41, 5.74) is 1.53.